The number of hydrogen-bond acceptors (Lipinski definition) is 5. The molecule has 6 nitrogen and oxygen atoms in total. The molecule has 6 heteroatoms. The highest BCUT2D eigenvalue weighted by Crippen LogP contribution is 2.28. The normalized spacial score (nSPS) is 17.9. The fraction of sp³-hybridized carbons (Fsp3) is 0.435. The highest BCUT2D eigenvalue weighted by atomic mass is 16.2. The van der Waals surface area contributed by atoms with Crippen molar-refractivity contribution in [3.05, 3.63) is 71.8 Å². The van der Waals surface area contributed by atoms with Gasteiger partial charge in [0.15, 0.2) is 0 Å². The summed E-state index contributed by atoms with van der Waals surface area (Å²) in [7, 11) is 0. The van der Waals surface area contributed by atoms with Gasteiger partial charge in [-0.25, -0.2) is 0 Å². The van der Waals surface area contributed by atoms with Crippen LogP contribution in [0, 0.1) is 0 Å². The second-order valence-corrected chi connectivity index (χ2v) is 7.40. The van der Waals surface area contributed by atoms with Crippen molar-refractivity contribution in [3.63, 3.8) is 0 Å². The van der Waals surface area contributed by atoms with Gasteiger partial charge >= 0.3 is 0 Å². The molecule has 2 aromatic rings. The molecule has 0 saturated carbocycles. The Kier molecular flexibility index (Phi) is 8.64. The fourth-order valence-corrected chi connectivity index (χ4v) is 3.77. The maximum Gasteiger partial charge on any atom is 0.240 e. The predicted molar refractivity (Wildman–Crippen MR) is 118 cm³/mol. The first-order chi connectivity index (χ1) is 14.3. The molecule has 0 radical (unpaired) electrons. The monoisotopic (exact) mass is 395 g/mol. The van der Waals surface area contributed by atoms with Gasteiger partial charge in [-0.3, -0.25) is 4.79 Å². The number of carbonyl (C=O) groups excluding carboxylic acids is 1. The molecule has 1 atom stereocenters. The number of nitrogens with two attached hydrogens (primary N) is 1. The predicted octanol–water partition coefficient (Wildman–Crippen LogP) is 0.757. The molecule has 1 aliphatic heterocycles. The van der Waals surface area contributed by atoms with Gasteiger partial charge in [0.25, 0.3) is 0 Å². The Morgan fingerprint density at radius 1 is 0.724 bits per heavy atom. The highest BCUT2D eigenvalue weighted by molar-refractivity contribution is 5.83. The molecule has 0 aromatic heterocycles. The summed E-state index contributed by atoms with van der Waals surface area (Å²) in [5.74, 6) is -0.169. The minimum Gasteiger partial charge on any atom is -0.339 e. The van der Waals surface area contributed by atoms with E-state index < -0.39 is 6.04 Å². The van der Waals surface area contributed by atoms with Crippen molar-refractivity contribution in [2.24, 2.45) is 5.73 Å². The van der Waals surface area contributed by atoms with E-state index in [0.717, 1.165) is 50.4 Å². The van der Waals surface area contributed by atoms with E-state index >= 15 is 0 Å². The van der Waals surface area contributed by atoms with Gasteiger partial charge in [-0.15, -0.1) is 0 Å². The van der Waals surface area contributed by atoms with Crippen LogP contribution in [0.2, 0.25) is 0 Å². The smallest absolute Gasteiger partial charge is 0.240 e. The first-order valence-electron chi connectivity index (χ1n) is 10.5. The zero-order valence-corrected chi connectivity index (χ0v) is 17.0. The van der Waals surface area contributed by atoms with Crippen molar-refractivity contribution in [2.45, 2.75) is 12.0 Å². The molecule has 3 rings (SSSR count). The lowest BCUT2D eigenvalue weighted by Gasteiger charge is -2.31. The minimum absolute atomic E-state index is 0.00138. The quantitative estimate of drug-likeness (QED) is 0.614. The molecule has 0 spiro atoms. The lowest BCUT2D eigenvalue weighted by molar-refractivity contribution is -0.132. The van der Waals surface area contributed by atoms with Gasteiger partial charge in [0.1, 0.15) is 0 Å². The van der Waals surface area contributed by atoms with Crippen LogP contribution in [0.3, 0.4) is 0 Å². The average Bonchev–Trinajstić information content (AvgIpc) is 2.75. The summed E-state index contributed by atoms with van der Waals surface area (Å²) in [6.07, 6.45) is 0. The molecule has 5 N–H and O–H groups in total. The van der Waals surface area contributed by atoms with Crippen LogP contribution in [0.15, 0.2) is 60.7 Å². The summed E-state index contributed by atoms with van der Waals surface area (Å²) in [5, 5.41) is 10.2. The molecule has 29 heavy (non-hydrogen) atoms. The zero-order chi connectivity index (χ0) is 20.3. The molecule has 2 aromatic carbocycles. The van der Waals surface area contributed by atoms with Gasteiger partial charge in [0.05, 0.1) is 6.04 Å². The second kappa shape index (κ2) is 11.7. The number of hydrogen-bond donors (Lipinski definition) is 4. The Morgan fingerprint density at radius 3 is 1.59 bits per heavy atom. The van der Waals surface area contributed by atoms with Crippen molar-refractivity contribution in [3.8, 4) is 0 Å². The van der Waals surface area contributed by atoms with Crippen molar-refractivity contribution in [1.82, 2.24) is 20.9 Å². The summed E-state index contributed by atoms with van der Waals surface area (Å²) in [4.78, 5) is 15.3. The summed E-state index contributed by atoms with van der Waals surface area (Å²) < 4.78 is 0. The van der Waals surface area contributed by atoms with E-state index in [-0.39, 0.29) is 11.8 Å². The largest absolute Gasteiger partial charge is 0.339 e. The van der Waals surface area contributed by atoms with Crippen LogP contribution in [0.1, 0.15) is 17.0 Å². The molecular formula is C23H33N5O. The third kappa shape index (κ3) is 6.37. The molecule has 156 valence electrons. The lowest BCUT2D eigenvalue weighted by Crippen LogP contribution is -2.51. The Balaban J connectivity index is 1.77. The van der Waals surface area contributed by atoms with Gasteiger partial charge in [0, 0.05) is 58.3 Å². The number of nitrogens with one attached hydrogen (secondary N) is 3. The zero-order valence-electron chi connectivity index (χ0n) is 17.0. The summed E-state index contributed by atoms with van der Waals surface area (Å²) in [6.45, 7) is 6.49. The maximum atomic E-state index is 13.4. The van der Waals surface area contributed by atoms with Crippen molar-refractivity contribution >= 4 is 5.91 Å². The van der Waals surface area contributed by atoms with Gasteiger partial charge in [0.2, 0.25) is 5.91 Å². The molecule has 1 fully saturated rings. The second-order valence-electron chi connectivity index (χ2n) is 7.40. The number of nitrogens with zero attached hydrogens (tertiary/aromatic N) is 1. The average molecular weight is 396 g/mol. The van der Waals surface area contributed by atoms with E-state index in [4.69, 9.17) is 5.73 Å². The molecule has 0 unspecified atom stereocenters. The van der Waals surface area contributed by atoms with Gasteiger partial charge in [-0.05, 0) is 11.1 Å². The van der Waals surface area contributed by atoms with Crippen LogP contribution in [0.25, 0.3) is 0 Å². The number of carbonyl (C=O) groups is 1. The maximum absolute atomic E-state index is 13.4. The van der Waals surface area contributed by atoms with Crippen LogP contribution >= 0.6 is 0 Å². The SMILES string of the molecule is N[C@H](C(=O)N1CCNCCNCCNCC1)C(c1ccccc1)c1ccccc1. The van der Waals surface area contributed by atoms with Gasteiger partial charge in [-0.2, -0.15) is 0 Å². The van der Waals surface area contributed by atoms with Crippen LogP contribution < -0.4 is 21.7 Å². The lowest BCUT2D eigenvalue weighted by atomic mass is 9.85. The molecule has 0 aliphatic carbocycles. The third-order valence-electron chi connectivity index (χ3n) is 5.35. The number of amides is 1. The van der Waals surface area contributed by atoms with Crippen molar-refractivity contribution < 1.29 is 4.79 Å². The highest BCUT2D eigenvalue weighted by Gasteiger charge is 2.30. The molecule has 1 heterocycles. The van der Waals surface area contributed by atoms with E-state index in [1.807, 2.05) is 41.3 Å². The van der Waals surface area contributed by atoms with Gasteiger partial charge < -0.3 is 26.6 Å². The first-order valence-corrected chi connectivity index (χ1v) is 10.5. The number of benzene rings is 2. The molecule has 1 saturated heterocycles. The van der Waals surface area contributed by atoms with E-state index in [9.17, 15) is 4.79 Å². The Hall–Kier alpha value is -2.25. The molecule has 0 bridgehead atoms. The van der Waals surface area contributed by atoms with Crippen LogP contribution in [0.5, 0.6) is 0 Å². The Bertz CT molecular complexity index is 673. The number of rotatable bonds is 4. The minimum atomic E-state index is -0.630. The van der Waals surface area contributed by atoms with E-state index in [0.29, 0.717) is 13.1 Å². The van der Waals surface area contributed by atoms with Gasteiger partial charge in [-0.1, -0.05) is 60.7 Å². The van der Waals surface area contributed by atoms with E-state index in [1.165, 1.54) is 0 Å². The summed E-state index contributed by atoms with van der Waals surface area (Å²) in [6, 6.07) is 19.6. The summed E-state index contributed by atoms with van der Waals surface area (Å²) >= 11 is 0. The van der Waals surface area contributed by atoms with Crippen LogP contribution in [0.4, 0.5) is 0 Å². The molecule has 1 amide bonds. The third-order valence-corrected chi connectivity index (χ3v) is 5.35. The molecule has 1 aliphatic rings. The fourth-order valence-electron chi connectivity index (χ4n) is 3.77. The Morgan fingerprint density at radius 2 is 1.14 bits per heavy atom. The van der Waals surface area contributed by atoms with Crippen molar-refractivity contribution in [1.29, 1.82) is 0 Å². The van der Waals surface area contributed by atoms with E-state index in [1.54, 1.807) is 0 Å². The van der Waals surface area contributed by atoms with Crippen molar-refractivity contribution in [2.75, 3.05) is 52.4 Å². The van der Waals surface area contributed by atoms with Crippen LogP contribution in [-0.2, 0) is 4.79 Å². The Labute approximate surface area is 173 Å². The first kappa shape index (κ1) is 21.5. The standard InChI is InChI=1S/C23H33N5O/c24-22(21(19-7-3-1-4-8-19)20-9-5-2-6-10-20)23(29)28-17-15-26-13-11-25-12-14-27-16-18-28/h1-10,21-22,25-27H,11-18,24H2/t22-/m0/s1. The van der Waals surface area contributed by atoms with Crippen LogP contribution in [-0.4, -0.2) is 69.2 Å². The topological polar surface area (TPSA) is 82.4 Å². The van der Waals surface area contributed by atoms with E-state index in [2.05, 4.69) is 40.2 Å². The summed E-state index contributed by atoms with van der Waals surface area (Å²) in [5.41, 5.74) is 8.76. The molecular weight excluding hydrogens is 362 g/mol.